The van der Waals surface area contributed by atoms with Gasteiger partial charge in [0, 0.05) is 36.5 Å². The lowest BCUT2D eigenvalue weighted by Gasteiger charge is -2.18. The van der Waals surface area contributed by atoms with Gasteiger partial charge in [0.15, 0.2) is 0 Å². The Kier molecular flexibility index (Phi) is 2.86. The zero-order chi connectivity index (χ0) is 12.7. The van der Waals surface area contributed by atoms with Gasteiger partial charge in [-0.1, -0.05) is 13.8 Å². The lowest BCUT2D eigenvalue weighted by Crippen LogP contribution is -2.31. The highest BCUT2D eigenvalue weighted by Crippen LogP contribution is 2.31. The van der Waals surface area contributed by atoms with Crippen LogP contribution >= 0.6 is 11.3 Å². The predicted molar refractivity (Wildman–Crippen MR) is 71.8 cm³/mol. The van der Waals surface area contributed by atoms with Gasteiger partial charge in [-0.05, 0) is 6.42 Å². The van der Waals surface area contributed by atoms with Crippen molar-refractivity contribution in [2.45, 2.75) is 26.2 Å². The molecule has 3 rings (SSSR count). The third kappa shape index (κ3) is 1.82. The molecule has 1 unspecified atom stereocenters. The molecule has 0 N–H and O–H groups in total. The SMILES string of the molecule is CC(C)C(=O)N1CCC(c2ncn3ccsc23)C1. The van der Waals surface area contributed by atoms with Gasteiger partial charge >= 0.3 is 0 Å². The molecule has 5 heteroatoms. The van der Waals surface area contributed by atoms with Gasteiger partial charge in [-0.15, -0.1) is 11.3 Å². The van der Waals surface area contributed by atoms with Crippen LogP contribution in [0.25, 0.3) is 4.83 Å². The summed E-state index contributed by atoms with van der Waals surface area (Å²) in [5.41, 5.74) is 1.16. The zero-order valence-corrected chi connectivity index (χ0v) is 11.5. The first-order chi connectivity index (χ1) is 8.66. The van der Waals surface area contributed by atoms with Crippen molar-refractivity contribution in [2.75, 3.05) is 13.1 Å². The Morgan fingerprint density at radius 1 is 1.56 bits per heavy atom. The molecule has 4 nitrogen and oxygen atoms in total. The third-order valence-corrected chi connectivity index (χ3v) is 4.46. The molecule has 0 radical (unpaired) electrons. The average Bonchev–Trinajstić information content (AvgIpc) is 3.02. The summed E-state index contributed by atoms with van der Waals surface area (Å²) in [4.78, 5) is 19.7. The topological polar surface area (TPSA) is 37.6 Å². The van der Waals surface area contributed by atoms with Crippen molar-refractivity contribution in [1.82, 2.24) is 14.3 Å². The molecule has 0 spiro atoms. The van der Waals surface area contributed by atoms with Crippen LogP contribution in [0.2, 0.25) is 0 Å². The van der Waals surface area contributed by atoms with Gasteiger partial charge in [-0.2, -0.15) is 0 Å². The third-order valence-electron chi connectivity index (χ3n) is 3.56. The lowest BCUT2D eigenvalue weighted by molar-refractivity contribution is -0.133. The minimum Gasteiger partial charge on any atom is -0.342 e. The predicted octanol–water partition coefficient (Wildman–Crippen LogP) is 2.37. The number of thiazole rings is 1. The van der Waals surface area contributed by atoms with E-state index in [9.17, 15) is 4.79 Å². The van der Waals surface area contributed by atoms with Crippen molar-refractivity contribution in [2.24, 2.45) is 5.92 Å². The van der Waals surface area contributed by atoms with E-state index in [2.05, 4.69) is 14.8 Å². The Hall–Kier alpha value is -1.36. The van der Waals surface area contributed by atoms with Gasteiger partial charge in [0.05, 0.1) is 5.69 Å². The quantitative estimate of drug-likeness (QED) is 0.834. The minimum absolute atomic E-state index is 0.0903. The number of carbonyl (C=O) groups excluding carboxylic acids is 1. The van der Waals surface area contributed by atoms with E-state index in [4.69, 9.17) is 0 Å². The molecular weight excluding hydrogens is 246 g/mol. The van der Waals surface area contributed by atoms with E-state index in [1.165, 1.54) is 4.83 Å². The molecule has 0 aromatic carbocycles. The summed E-state index contributed by atoms with van der Waals surface area (Å²) in [6.07, 6.45) is 4.93. The molecule has 0 bridgehead atoms. The summed E-state index contributed by atoms with van der Waals surface area (Å²) in [5, 5.41) is 2.08. The summed E-state index contributed by atoms with van der Waals surface area (Å²) in [6.45, 7) is 5.61. The van der Waals surface area contributed by atoms with E-state index in [0.29, 0.717) is 5.92 Å². The van der Waals surface area contributed by atoms with Crippen molar-refractivity contribution in [3.05, 3.63) is 23.6 Å². The smallest absolute Gasteiger partial charge is 0.225 e. The molecule has 3 heterocycles. The van der Waals surface area contributed by atoms with Crippen molar-refractivity contribution in [3.63, 3.8) is 0 Å². The highest BCUT2D eigenvalue weighted by molar-refractivity contribution is 7.15. The van der Waals surface area contributed by atoms with Crippen LogP contribution in [-0.4, -0.2) is 33.3 Å². The van der Waals surface area contributed by atoms with Crippen LogP contribution in [0.3, 0.4) is 0 Å². The fraction of sp³-hybridized carbons (Fsp3) is 0.538. The molecule has 1 fully saturated rings. The largest absolute Gasteiger partial charge is 0.342 e. The maximum Gasteiger partial charge on any atom is 0.225 e. The monoisotopic (exact) mass is 263 g/mol. The van der Waals surface area contributed by atoms with E-state index in [0.717, 1.165) is 25.2 Å². The standard InChI is InChI=1S/C13H17N3OS/c1-9(2)12(17)15-4-3-10(7-15)11-13-16(8-14-11)5-6-18-13/h5-6,8-10H,3-4,7H2,1-2H3. The Balaban J connectivity index is 1.80. The lowest BCUT2D eigenvalue weighted by atomic mass is 10.1. The van der Waals surface area contributed by atoms with Crippen molar-refractivity contribution < 1.29 is 4.79 Å². The number of amides is 1. The van der Waals surface area contributed by atoms with E-state index < -0.39 is 0 Å². The number of hydrogen-bond donors (Lipinski definition) is 0. The Bertz CT molecular complexity index is 572. The number of hydrogen-bond acceptors (Lipinski definition) is 3. The normalized spacial score (nSPS) is 20.2. The summed E-state index contributed by atoms with van der Waals surface area (Å²) in [5.74, 6) is 0.753. The molecule has 1 aliphatic rings. The number of fused-ring (bicyclic) bond motifs is 1. The van der Waals surface area contributed by atoms with Gasteiger partial charge in [0.25, 0.3) is 0 Å². The molecular formula is C13H17N3OS. The number of nitrogens with zero attached hydrogens (tertiary/aromatic N) is 3. The second-order valence-electron chi connectivity index (χ2n) is 5.17. The number of rotatable bonds is 2. The van der Waals surface area contributed by atoms with Crippen LogP contribution in [0.15, 0.2) is 17.9 Å². The molecule has 0 aliphatic carbocycles. The van der Waals surface area contributed by atoms with Crippen LogP contribution in [0.4, 0.5) is 0 Å². The van der Waals surface area contributed by atoms with Gasteiger partial charge in [-0.3, -0.25) is 9.20 Å². The molecule has 2 aromatic rings. The second-order valence-corrected chi connectivity index (χ2v) is 6.06. The molecule has 96 valence electrons. The Labute approximate surface area is 110 Å². The van der Waals surface area contributed by atoms with Gasteiger partial charge in [-0.25, -0.2) is 4.98 Å². The Morgan fingerprint density at radius 2 is 2.39 bits per heavy atom. The van der Waals surface area contributed by atoms with Crippen molar-refractivity contribution in [1.29, 1.82) is 0 Å². The minimum atomic E-state index is 0.0903. The molecule has 18 heavy (non-hydrogen) atoms. The van der Waals surface area contributed by atoms with Crippen LogP contribution in [0.1, 0.15) is 31.9 Å². The number of likely N-dealkylation sites (tertiary alicyclic amines) is 1. The second kappa shape index (κ2) is 4.39. The van der Waals surface area contributed by atoms with E-state index >= 15 is 0 Å². The molecule has 1 atom stereocenters. The summed E-state index contributed by atoms with van der Waals surface area (Å²) < 4.78 is 2.06. The first kappa shape index (κ1) is 11.7. The molecule has 0 saturated carbocycles. The fourth-order valence-electron chi connectivity index (χ4n) is 2.58. The summed E-state index contributed by atoms with van der Waals surface area (Å²) >= 11 is 1.72. The zero-order valence-electron chi connectivity index (χ0n) is 10.7. The van der Waals surface area contributed by atoms with E-state index in [-0.39, 0.29) is 11.8 Å². The van der Waals surface area contributed by atoms with Gasteiger partial charge in [0.1, 0.15) is 11.2 Å². The highest BCUT2D eigenvalue weighted by atomic mass is 32.1. The van der Waals surface area contributed by atoms with Crippen molar-refractivity contribution in [3.8, 4) is 0 Å². The van der Waals surface area contributed by atoms with Gasteiger partial charge < -0.3 is 4.90 Å². The Morgan fingerprint density at radius 3 is 3.17 bits per heavy atom. The van der Waals surface area contributed by atoms with Crippen LogP contribution in [0, 0.1) is 5.92 Å². The average molecular weight is 263 g/mol. The van der Waals surface area contributed by atoms with Gasteiger partial charge in [0.2, 0.25) is 5.91 Å². The maximum absolute atomic E-state index is 12.0. The summed E-state index contributed by atoms with van der Waals surface area (Å²) in [6, 6.07) is 0. The number of imidazole rings is 1. The highest BCUT2D eigenvalue weighted by Gasteiger charge is 2.30. The van der Waals surface area contributed by atoms with E-state index in [1.807, 2.05) is 31.3 Å². The number of aromatic nitrogens is 2. The van der Waals surface area contributed by atoms with Crippen LogP contribution in [-0.2, 0) is 4.79 Å². The number of carbonyl (C=O) groups is 1. The van der Waals surface area contributed by atoms with Crippen molar-refractivity contribution >= 4 is 22.1 Å². The molecule has 1 amide bonds. The maximum atomic E-state index is 12.0. The van der Waals surface area contributed by atoms with Crippen LogP contribution in [0.5, 0.6) is 0 Å². The first-order valence-electron chi connectivity index (χ1n) is 6.35. The first-order valence-corrected chi connectivity index (χ1v) is 7.23. The molecule has 2 aromatic heterocycles. The fourth-order valence-corrected chi connectivity index (χ4v) is 3.47. The molecule has 1 aliphatic heterocycles. The van der Waals surface area contributed by atoms with Crippen LogP contribution < -0.4 is 0 Å². The van der Waals surface area contributed by atoms with E-state index in [1.54, 1.807) is 11.3 Å². The molecule has 1 saturated heterocycles. The summed E-state index contributed by atoms with van der Waals surface area (Å²) in [7, 11) is 0.